The highest BCUT2D eigenvalue weighted by Gasteiger charge is 2.30. The lowest BCUT2D eigenvalue weighted by Gasteiger charge is -2.24. The van der Waals surface area contributed by atoms with Crippen molar-refractivity contribution in [1.82, 2.24) is 19.9 Å². The van der Waals surface area contributed by atoms with Crippen LogP contribution < -0.4 is 4.57 Å². The first-order chi connectivity index (χ1) is 49.9. The summed E-state index contributed by atoms with van der Waals surface area (Å²) in [6.45, 7) is 20.4. The van der Waals surface area contributed by atoms with E-state index in [4.69, 9.17) is 15.0 Å². The molecule has 0 atom stereocenters. The van der Waals surface area contributed by atoms with Gasteiger partial charge in [-0.3, -0.25) is 0 Å². The third kappa shape index (κ3) is 9.89. The summed E-state index contributed by atoms with van der Waals surface area (Å²) in [5, 5.41) is 14.5. The molecule has 0 aliphatic carbocycles. The molecule has 486 valence electrons. The summed E-state index contributed by atoms with van der Waals surface area (Å²) in [5.41, 5.74) is 29.5. The smallest absolute Gasteiger partial charge is 0.236 e. The van der Waals surface area contributed by atoms with E-state index in [9.17, 15) is 0 Å². The molecule has 5 nitrogen and oxygen atoms in total. The first-order valence-corrected chi connectivity index (χ1v) is 35.5. The van der Waals surface area contributed by atoms with Gasteiger partial charge in [-0.2, -0.15) is 4.57 Å². The van der Waals surface area contributed by atoms with Gasteiger partial charge in [0.2, 0.25) is 0 Å². The van der Waals surface area contributed by atoms with Crippen LogP contribution in [-0.2, 0) is 0 Å². The maximum absolute atomic E-state index is 5.90. The first kappa shape index (κ1) is 61.9. The number of para-hydroxylation sites is 3. The van der Waals surface area contributed by atoms with Crippen LogP contribution >= 0.6 is 0 Å². The second-order valence-corrected chi connectivity index (χ2v) is 28.0. The van der Waals surface area contributed by atoms with Crippen LogP contribution in [0.3, 0.4) is 0 Å². The number of benzene rings is 16. The number of aromatic amines is 1. The summed E-state index contributed by atoms with van der Waals surface area (Å²) in [6, 6.07) is 102. The topological polar surface area (TPSA) is 58.3 Å². The van der Waals surface area contributed by atoms with Crippen molar-refractivity contribution in [3.8, 4) is 107 Å². The van der Waals surface area contributed by atoms with Crippen LogP contribution in [0.15, 0.2) is 279 Å². The molecule has 0 saturated heterocycles. The molecule has 18 rings (SSSR count). The molecule has 2 aromatic heterocycles. The van der Waals surface area contributed by atoms with Crippen LogP contribution in [0.2, 0.25) is 0 Å². The Hall–Kier alpha value is -12.4. The van der Waals surface area contributed by atoms with Crippen molar-refractivity contribution in [2.24, 2.45) is 0 Å². The van der Waals surface area contributed by atoms with Crippen molar-refractivity contribution >= 4 is 75.7 Å². The molecule has 0 unspecified atom stereocenters. The van der Waals surface area contributed by atoms with Gasteiger partial charge in [-0.25, -0.2) is 19.9 Å². The van der Waals surface area contributed by atoms with E-state index in [0.29, 0.717) is 17.5 Å². The normalized spacial score (nSPS) is 11.8. The molecule has 0 aliphatic rings. The highest BCUT2D eigenvalue weighted by Crippen LogP contribution is 2.51. The summed E-state index contributed by atoms with van der Waals surface area (Å²) in [6.07, 6.45) is 0. The van der Waals surface area contributed by atoms with E-state index in [0.717, 1.165) is 89.3 Å². The van der Waals surface area contributed by atoms with Crippen LogP contribution in [0.4, 0.5) is 0 Å². The van der Waals surface area contributed by atoms with Gasteiger partial charge in [0.25, 0.3) is 5.82 Å². The lowest BCUT2D eigenvalue weighted by atomic mass is 9.81. The molecular weight excluding hydrogens is 1240 g/mol. The van der Waals surface area contributed by atoms with Gasteiger partial charge in [-0.1, -0.05) is 237 Å². The SMILES string of the molecule is Cc1cc(C)c(-c2nc(-c3c(C)cc(C)c(-c4c5ccccc5c(-c5ccc6ccccc6c5)c5ccccc45)c3C)nc(-c3c(C)cc(C)c(-c4c5ccccc5c(-c5cccc6ccccc56)c5ccccc45)c3C)n2)c(C)c1-c1ccc(-c2[nH]c3ccccc3[n+]2-c2ccccc2)cc1. The minimum absolute atomic E-state index is 0.637. The Morgan fingerprint density at radius 1 is 0.245 bits per heavy atom. The monoisotopic (exact) mass is 1310 g/mol. The first-order valence-electron chi connectivity index (χ1n) is 35.5. The second-order valence-electron chi connectivity index (χ2n) is 28.0. The van der Waals surface area contributed by atoms with Gasteiger partial charge in [-0.15, -0.1) is 0 Å². The van der Waals surface area contributed by atoms with Gasteiger partial charge in [0, 0.05) is 16.7 Å². The summed E-state index contributed by atoms with van der Waals surface area (Å²) in [7, 11) is 0. The maximum atomic E-state index is 5.90. The number of rotatable bonds is 10. The van der Waals surface area contributed by atoms with Crippen molar-refractivity contribution in [3.05, 3.63) is 329 Å². The summed E-state index contributed by atoms with van der Waals surface area (Å²) in [5.74, 6) is 2.93. The van der Waals surface area contributed by atoms with E-state index in [-0.39, 0.29) is 0 Å². The Bertz CT molecular complexity index is 6410. The fraction of sp³-hybridized carbons (Fsp3) is 0.0928. The molecule has 5 heteroatoms. The van der Waals surface area contributed by atoms with Crippen LogP contribution in [-0.4, -0.2) is 19.9 Å². The van der Waals surface area contributed by atoms with Crippen molar-refractivity contribution in [1.29, 1.82) is 0 Å². The Morgan fingerprint density at radius 3 is 1.14 bits per heavy atom. The molecule has 0 aliphatic heterocycles. The van der Waals surface area contributed by atoms with Gasteiger partial charge < -0.3 is 0 Å². The Kier molecular flexibility index (Phi) is 14.8. The molecule has 16 aromatic carbocycles. The number of imidazole rings is 1. The zero-order chi connectivity index (χ0) is 69.2. The van der Waals surface area contributed by atoms with E-state index in [1.165, 1.54) is 126 Å². The Morgan fingerprint density at radius 2 is 0.618 bits per heavy atom. The quantitative estimate of drug-likeness (QED) is 0.110. The molecule has 2 heterocycles. The lowest BCUT2D eigenvalue weighted by molar-refractivity contribution is -0.554. The van der Waals surface area contributed by atoms with Crippen LogP contribution in [0.5, 0.6) is 0 Å². The van der Waals surface area contributed by atoms with Gasteiger partial charge in [0.1, 0.15) is 5.69 Å². The summed E-state index contributed by atoms with van der Waals surface area (Å²) < 4.78 is 2.32. The minimum Gasteiger partial charge on any atom is -0.236 e. The summed E-state index contributed by atoms with van der Waals surface area (Å²) in [4.78, 5) is 21.4. The average molecular weight is 1310 g/mol. The number of aromatic nitrogens is 5. The largest absolute Gasteiger partial charge is 0.292 e. The lowest BCUT2D eigenvalue weighted by Crippen LogP contribution is -2.31. The van der Waals surface area contributed by atoms with Crippen LogP contribution in [0, 0.1) is 62.3 Å². The number of nitrogens with one attached hydrogen (secondary N) is 1. The number of H-pyrrole nitrogens is 1. The second kappa shape index (κ2) is 24.5. The van der Waals surface area contributed by atoms with Crippen molar-refractivity contribution < 1.29 is 4.57 Å². The van der Waals surface area contributed by atoms with Gasteiger partial charge in [0.15, 0.2) is 28.5 Å². The van der Waals surface area contributed by atoms with Gasteiger partial charge in [-0.05, 0) is 275 Å². The molecule has 1 N–H and O–H groups in total. The van der Waals surface area contributed by atoms with Crippen molar-refractivity contribution in [2.45, 2.75) is 62.3 Å². The molecule has 0 saturated carbocycles. The predicted octanol–water partition coefficient (Wildman–Crippen LogP) is 25.3. The molecule has 0 radical (unpaired) electrons. The molecule has 0 spiro atoms. The number of fused-ring (bicyclic) bond motifs is 7. The Balaban J connectivity index is 0.870. The summed E-state index contributed by atoms with van der Waals surface area (Å²) >= 11 is 0. The molecule has 0 fully saturated rings. The minimum atomic E-state index is 0.637. The number of aryl methyl sites for hydroxylation is 6. The highest BCUT2D eigenvalue weighted by atomic mass is 15.1. The zero-order valence-electron chi connectivity index (χ0n) is 58.8. The third-order valence-corrected chi connectivity index (χ3v) is 21.8. The standard InChI is InChI=1S/C97H73N5/c1-56-52-59(4)87(62(7)84(56)67-47-49-68(50-48-67)97-98-82-44-25-26-45-83(82)102(97)71-32-11-10-12-33-71)94-99-95(88-60(5)53-57(2)85(63(88)8)92-78-39-21-17-35-74(78)90(75-36-18-22-40-79(75)92)70-51-46-65-28-13-14-30-69(65)55-70)101-96(100-94)89-61(6)54-58(3)86(64(89)9)93-80-41-23-19-37-76(80)91(77-38-20-24-42-81(77)93)73-43-27-31-66-29-15-16-34-72(66)73/h10-55H,1-9H3/p+1. The van der Waals surface area contributed by atoms with Gasteiger partial charge in [0.05, 0.1) is 5.56 Å². The van der Waals surface area contributed by atoms with E-state index in [1.807, 2.05) is 0 Å². The molecule has 0 amide bonds. The van der Waals surface area contributed by atoms with E-state index < -0.39 is 0 Å². The molecule has 0 bridgehead atoms. The number of hydrogen-bond donors (Lipinski definition) is 1. The highest BCUT2D eigenvalue weighted by molar-refractivity contribution is 6.25. The Labute approximate surface area is 594 Å². The van der Waals surface area contributed by atoms with Crippen LogP contribution in [0.1, 0.15) is 50.1 Å². The van der Waals surface area contributed by atoms with Crippen molar-refractivity contribution in [2.75, 3.05) is 0 Å². The van der Waals surface area contributed by atoms with E-state index in [1.54, 1.807) is 0 Å². The molecule has 18 aromatic rings. The average Bonchev–Trinajstić information content (AvgIpc) is 0.848. The van der Waals surface area contributed by atoms with E-state index in [2.05, 4.69) is 351 Å². The van der Waals surface area contributed by atoms with Gasteiger partial charge >= 0.3 is 0 Å². The molecular formula is C97H74N5+. The fourth-order valence-electron chi connectivity index (χ4n) is 17.6. The zero-order valence-corrected chi connectivity index (χ0v) is 58.8. The number of nitrogens with zero attached hydrogens (tertiary/aromatic N) is 4. The predicted molar refractivity (Wildman–Crippen MR) is 430 cm³/mol. The third-order valence-electron chi connectivity index (χ3n) is 21.8. The van der Waals surface area contributed by atoms with Crippen molar-refractivity contribution in [3.63, 3.8) is 0 Å². The molecule has 102 heavy (non-hydrogen) atoms. The maximum Gasteiger partial charge on any atom is 0.292 e. The number of hydrogen-bond acceptors (Lipinski definition) is 3. The van der Waals surface area contributed by atoms with E-state index >= 15 is 0 Å². The van der Waals surface area contributed by atoms with Crippen LogP contribution in [0.25, 0.3) is 183 Å². The fourth-order valence-corrected chi connectivity index (χ4v) is 17.6.